The van der Waals surface area contributed by atoms with Gasteiger partial charge < -0.3 is 0 Å². The van der Waals surface area contributed by atoms with Gasteiger partial charge in [0.25, 0.3) is 0 Å². The molecule has 1 aliphatic rings. The number of benzene rings is 1. The molecule has 2 heteroatoms. The molecule has 0 aliphatic heterocycles. The topological polar surface area (TPSA) is 0 Å². The van der Waals surface area contributed by atoms with Crippen molar-refractivity contribution in [1.82, 2.24) is 0 Å². The summed E-state index contributed by atoms with van der Waals surface area (Å²) in [5, 5.41) is 0.448. The Bertz CT molecular complexity index is 838. The van der Waals surface area contributed by atoms with Crippen LogP contribution in [-0.2, 0) is 6.42 Å². The fraction of sp³-hybridized carbons (Fsp3) is 0.429. The molecule has 0 amide bonds. The summed E-state index contributed by atoms with van der Waals surface area (Å²) >= 11 is 5.84. The summed E-state index contributed by atoms with van der Waals surface area (Å²) in [5.74, 6) is 1.48. The summed E-state index contributed by atoms with van der Waals surface area (Å²) in [6.07, 6.45) is 18.2. The van der Waals surface area contributed by atoms with E-state index >= 15 is 0 Å². The molecule has 162 valence electrons. The van der Waals surface area contributed by atoms with E-state index in [0.29, 0.717) is 29.2 Å². The normalized spacial score (nSPS) is 18.5. The van der Waals surface area contributed by atoms with Gasteiger partial charge >= 0.3 is 0 Å². The highest BCUT2D eigenvalue weighted by molar-refractivity contribution is 6.30. The first-order valence-corrected chi connectivity index (χ1v) is 11.5. The third kappa shape index (κ3) is 8.11. The van der Waals surface area contributed by atoms with Gasteiger partial charge in [0.05, 0.1) is 0 Å². The van der Waals surface area contributed by atoms with E-state index in [1.165, 1.54) is 22.8 Å². The number of allylic oxidation sites excluding steroid dienone is 9. The van der Waals surface area contributed by atoms with Gasteiger partial charge in [-0.25, -0.2) is 4.39 Å². The zero-order valence-electron chi connectivity index (χ0n) is 18.9. The Morgan fingerprint density at radius 2 is 2.00 bits per heavy atom. The molecule has 0 heterocycles. The van der Waals surface area contributed by atoms with Crippen molar-refractivity contribution < 1.29 is 4.39 Å². The molecule has 0 radical (unpaired) electrons. The van der Waals surface area contributed by atoms with Gasteiger partial charge in [-0.2, -0.15) is 0 Å². The fourth-order valence-corrected chi connectivity index (χ4v) is 4.21. The lowest BCUT2D eigenvalue weighted by Crippen LogP contribution is -2.08. The Labute approximate surface area is 187 Å². The molecule has 0 nitrogen and oxygen atoms in total. The van der Waals surface area contributed by atoms with E-state index in [2.05, 4.69) is 64.7 Å². The van der Waals surface area contributed by atoms with Crippen LogP contribution in [0, 0.1) is 23.6 Å². The fourth-order valence-electron chi connectivity index (χ4n) is 4.05. The Balaban J connectivity index is 1.87. The van der Waals surface area contributed by atoms with Crippen molar-refractivity contribution in [3.05, 3.63) is 94.4 Å². The zero-order valence-corrected chi connectivity index (χ0v) is 19.7. The van der Waals surface area contributed by atoms with Crippen LogP contribution in [0.3, 0.4) is 0 Å². The highest BCUT2D eigenvalue weighted by atomic mass is 35.5. The van der Waals surface area contributed by atoms with Crippen LogP contribution in [0.1, 0.15) is 58.9 Å². The molecular formula is C28H36ClF. The molecule has 1 aliphatic carbocycles. The highest BCUT2D eigenvalue weighted by Crippen LogP contribution is 2.29. The van der Waals surface area contributed by atoms with Crippen molar-refractivity contribution in [1.29, 1.82) is 0 Å². The van der Waals surface area contributed by atoms with E-state index in [9.17, 15) is 4.39 Å². The second kappa shape index (κ2) is 12.1. The number of hydrogen-bond donors (Lipinski definition) is 0. The summed E-state index contributed by atoms with van der Waals surface area (Å²) in [6.45, 7) is 13.0. The number of rotatable bonds is 10. The molecule has 1 unspecified atom stereocenters. The van der Waals surface area contributed by atoms with Crippen LogP contribution >= 0.6 is 11.6 Å². The monoisotopic (exact) mass is 426 g/mol. The molecular weight excluding hydrogens is 391 g/mol. The smallest absolute Gasteiger partial charge is 0.127 e. The Morgan fingerprint density at radius 3 is 2.60 bits per heavy atom. The predicted molar refractivity (Wildman–Crippen MR) is 130 cm³/mol. The van der Waals surface area contributed by atoms with E-state index in [1.807, 2.05) is 6.08 Å². The van der Waals surface area contributed by atoms with Crippen molar-refractivity contribution in [2.75, 3.05) is 0 Å². The molecule has 0 saturated carbocycles. The van der Waals surface area contributed by atoms with Gasteiger partial charge in [-0.3, -0.25) is 0 Å². The first-order valence-electron chi connectivity index (χ1n) is 11.1. The largest absolute Gasteiger partial charge is 0.207 e. The summed E-state index contributed by atoms with van der Waals surface area (Å²) < 4.78 is 14.0. The summed E-state index contributed by atoms with van der Waals surface area (Å²) in [7, 11) is 0. The van der Waals surface area contributed by atoms with Crippen LogP contribution in [0.2, 0.25) is 5.02 Å². The molecule has 2 atom stereocenters. The number of hydrogen-bond acceptors (Lipinski definition) is 0. The third-order valence-electron chi connectivity index (χ3n) is 5.71. The Hall–Kier alpha value is -1.86. The van der Waals surface area contributed by atoms with Gasteiger partial charge in [0.1, 0.15) is 5.82 Å². The van der Waals surface area contributed by atoms with Gasteiger partial charge in [-0.1, -0.05) is 92.6 Å². The average Bonchev–Trinajstić information content (AvgIpc) is 2.68. The molecule has 0 fully saturated rings. The van der Waals surface area contributed by atoms with Crippen molar-refractivity contribution >= 4 is 11.6 Å². The molecule has 0 aromatic heterocycles. The van der Waals surface area contributed by atoms with Gasteiger partial charge in [0.2, 0.25) is 0 Å². The van der Waals surface area contributed by atoms with E-state index in [4.69, 9.17) is 11.6 Å². The van der Waals surface area contributed by atoms with Crippen molar-refractivity contribution in [3.8, 4) is 0 Å². The van der Waals surface area contributed by atoms with E-state index in [1.54, 1.807) is 12.1 Å². The molecule has 1 aromatic carbocycles. The second-order valence-electron chi connectivity index (χ2n) is 8.99. The van der Waals surface area contributed by atoms with Gasteiger partial charge in [-0.05, 0) is 80.1 Å². The minimum absolute atomic E-state index is 0.212. The molecule has 1 aromatic rings. The lowest BCUT2D eigenvalue weighted by molar-refractivity contribution is 0.497. The van der Waals surface area contributed by atoms with Crippen LogP contribution in [0.5, 0.6) is 0 Å². The van der Waals surface area contributed by atoms with E-state index in [0.717, 1.165) is 31.2 Å². The zero-order chi connectivity index (χ0) is 22.1. The lowest BCUT2D eigenvalue weighted by atomic mass is 9.84. The predicted octanol–water partition coefficient (Wildman–Crippen LogP) is 9.05. The van der Waals surface area contributed by atoms with Crippen molar-refractivity contribution in [3.63, 3.8) is 0 Å². The van der Waals surface area contributed by atoms with E-state index in [-0.39, 0.29) is 5.82 Å². The van der Waals surface area contributed by atoms with Gasteiger partial charge in [0, 0.05) is 5.02 Å². The third-order valence-corrected chi connectivity index (χ3v) is 5.95. The molecule has 0 N–H and O–H groups in total. The van der Waals surface area contributed by atoms with Crippen LogP contribution in [0.15, 0.2) is 78.0 Å². The molecule has 0 saturated heterocycles. The average molecular weight is 427 g/mol. The first-order chi connectivity index (χ1) is 14.3. The van der Waals surface area contributed by atoms with Gasteiger partial charge in [-0.15, -0.1) is 0 Å². The van der Waals surface area contributed by atoms with Crippen LogP contribution in [0.4, 0.5) is 4.39 Å². The SMILES string of the molecule is C=C/C(=C\C=C(/C)CC(C)C)[C@@H](C)CC1C=CC(CCc2ccc(Cl)cc2F)=CC1. The minimum Gasteiger partial charge on any atom is -0.207 e. The molecule has 2 rings (SSSR count). The minimum atomic E-state index is -0.212. The maximum Gasteiger partial charge on any atom is 0.127 e. The quantitative estimate of drug-likeness (QED) is 0.327. The van der Waals surface area contributed by atoms with Crippen molar-refractivity contribution in [2.24, 2.45) is 17.8 Å². The Kier molecular flexibility index (Phi) is 9.85. The van der Waals surface area contributed by atoms with Crippen LogP contribution in [-0.4, -0.2) is 0 Å². The number of halogens is 2. The highest BCUT2D eigenvalue weighted by Gasteiger charge is 2.15. The Morgan fingerprint density at radius 1 is 1.23 bits per heavy atom. The van der Waals surface area contributed by atoms with E-state index < -0.39 is 0 Å². The van der Waals surface area contributed by atoms with Crippen LogP contribution in [0.25, 0.3) is 0 Å². The van der Waals surface area contributed by atoms with Crippen molar-refractivity contribution in [2.45, 2.75) is 59.8 Å². The van der Waals surface area contributed by atoms with Gasteiger partial charge in [0.15, 0.2) is 0 Å². The maximum absolute atomic E-state index is 14.0. The summed E-state index contributed by atoms with van der Waals surface area (Å²) in [5.41, 5.74) is 4.74. The molecule has 30 heavy (non-hydrogen) atoms. The second-order valence-corrected chi connectivity index (χ2v) is 9.42. The first kappa shape index (κ1) is 24.4. The summed E-state index contributed by atoms with van der Waals surface area (Å²) in [6, 6.07) is 4.94. The molecule has 0 spiro atoms. The van der Waals surface area contributed by atoms with Crippen LogP contribution < -0.4 is 0 Å². The number of aryl methyl sites for hydroxylation is 1. The maximum atomic E-state index is 14.0. The lowest BCUT2D eigenvalue weighted by Gasteiger charge is -2.21. The standard InChI is InChI=1S/C28H36ClF/c1-6-25(13-7-21(4)17-20(2)3)22(5)18-24-10-8-23(9-11-24)12-14-26-15-16-27(29)19-28(26)30/h6-10,13,15-16,19-20,22,24H,1,11-12,14,17-18H2,2-5H3/b21-7+,25-13+/t22-,24?/m0/s1. The summed E-state index contributed by atoms with van der Waals surface area (Å²) in [4.78, 5) is 0. The molecule has 0 bridgehead atoms.